The van der Waals surface area contributed by atoms with Gasteiger partial charge in [0.25, 0.3) is 0 Å². The highest BCUT2D eigenvalue weighted by Gasteiger charge is 2.16. The van der Waals surface area contributed by atoms with Crippen molar-refractivity contribution < 1.29 is 13.9 Å². The molecule has 1 amide bonds. The fourth-order valence-corrected chi connectivity index (χ4v) is 3.15. The lowest BCUT2D eigenvalue weighted by Gasteiger charge is -2.10. The third-order valence-corrected chi connectivity index (χ3v) is 4.69. The Kier molecular flexibility index (Phi) is 5.92. The quantitative estimate of drug-likeness (QED) is 0.630. The smallest absolute Gasteiger partial charge is 0.234 e. The van der Waals surface area contributed by atoms with Crippen LogP contribution < -0.4 is 10.1 Å². The van der Waals surface area contributed by atoms with E-state index in [1.165, 1.54) is 22.9 Å². The third kappa shape index (κ3) is 4.55. The molecule has 140 valence electrons. The van der Waals surface area contributed by atoms with Crippen LogP contribution in [0.2, 0.25) is 5.02 Å². The van der Waals surface area contributed by atoms with Gasteiger partial charge in [0.15, 0.2) is 0 Å². The molecule has 10 heteroatoms. The maximum Gasteiger partial charge on any atom is 0.234 e. The first-order chi connectivity index (χ1) is 13.0. The van der Waals surface area contributed by atoms with Crippen molar-refractivity contribution in [1.82, 2.24) is 20.2 Å². The number of methoxy groups -OCH3 is 1. The summed E-state index contributed by atoms with van der Waals surface area (Å²) in [6.45, 7) is 1.94. The van der Waals surface area contributed by atoms with Crippen LogP contribution in [-0.4, -0.2) is 39.0 Å². The molecule has 0 aliphatic carbocycles. The second-order valence-electron chi connectivity index (χ2n) is 5.51. The van der Waals surface area contributed by atoms with Gasteiger partial charge in [-0.05, 0) is 53.2 Å². The maximum absolute atomic E-state index is 13.7. The van der Waals surface area contributed by atoms with Gasteiger partial charge >= 0.3 is 0 Å². The van der Waals surface area contributed by atoms with Crippen LogP contribution in [0.15, 0.2) is 41.6 Å². The number of aryl methyl sites for hydroxylation is 1. The zero-order valence-corrected chi connectivity index (χ0v) is 16.0. The average molecular weight is 408 g/mol. The van der Waals surface area contributed by atoms with E-state index in [2.05, 4.69) is 20.8 Å². The summed E-state index contributed by atoms with van der Waals surface area (Å²) in [5, 5.41) is 14.8. The van der Waals surface area contributed by atoms with Crippen LogP contribution >= 0.6 is 23.4 Å². The number of benzene rings is 2. The van der Waals surface area contributed by atoms with E-state index in [1.807, 2.05) is 25.1 Å². The molecule has 0 saturated carbocycles. The highest BCUT2D eigenvalue weighted by molar-refractivity contribution is 7.99. The molecule has 0 unspecified atom stereocenters. The Hall–Kier alpha value is -2.65. The van der Waals surface area contributed by atoms with Crippen LogP contribution in [0.3, 0.4) is 0 Å². The molecule has 0 radical (unpaired) electrons. The highest BCUT2D eigenvalue weighted by Crippen LogP contribution is 2.27. The number of aromatic nitrogens is 4. The zero-order chi connectivity index (χ0) is 19.4. The van der Waals surface area contributed by atoms with Gasteiger partial charge in [0.2, 0.25) is 11.1 Å². The topological polar surface area (TPSA) is 81.9 Å². The molecule has 0 spiro atoms. The molecule has 1 heterocycles. The molecule has 1 aromatic heterocycles. The first-order valence-electron chi connectivity index (χ1n) is 7.79. The number of hydrogen-bond acceptors (Lipinski definition) is 6. The Morgan fingerprint density at radius 2 is 2.15 bits per heavy atom. The van der Waals surface area contributed by atoms with Crippen LogP contribution in [0.1, 0.15) is 5.56 Å². The van der Waals surface area contributed by atoms with Gasteiger partial charge in [0, 0.05) is 5.02 Å². The summed E-state index contributed by atoms with van der Waals surface area (Å²) in [5.74, 6) is -0.389. The summed E-state index contributed by atoms with van der Waals surface area (Å²) in [5.41, 5.74) is 1.69. The van der Waals surface area contributed by atoms with E-state index < -0.39 is 11.7 Å². The minimum absolute atomic E-state index is 0.0134. The molecule has 2 aromatic carbocycles. The predicted molar refractivity (Wildman–Crippen MR) is 101 cm³/mol. The van der Waals surface area contributed by atoms with Crippen molar-refractivity contribution in [2.24, 2.45) is 0 Å². The van der Waals surface area contributed by atoms with E-state index in [9.17, 15) is 9.18 Å². The van der Waals surface area contributed by atoms with E-state index in [1.54, 1.807) is 7.11 Å². The normalized spacial score (nSPS) is 10.7. The number of hydrogen-bond donors (Lipinski definition) is 1. The number of thioether (sulfide) groups is 1. The SMILES string of the molecule is COc1ccc(C)cc1-n1nnnc1SCC(=O)Nc1cc(Cl)ccc1F. The van der Waals surface area contributed by atoms with E-state index >= 15 is 0 Å². The van der Waals surface area contributed by atoms with Gasteiger partial charge in [-0.15, -0.1) is 5.10 Å². The van der Waals surface area contributed by atoms with Gasteiger partial charge in [0.1, 0.15) is 17.3 Å². The lowest BCUT2D eigenvalue weighted by atomic mass is 10.2. The Balaban J connectivity index is 1.73. The standard InChI is InChI=1S/C17H15ClFN5O2S/c1-10-3-6-15(26-2)14(7-10)24-17(21-22-23-24)27-9-16(25)20-13-8-11(18)4-5-12(13)19/h3-8H,9H2,1-2H3,(H,20,25). The van der Waals surface area contributed by atoms with Crippen LogP contribution in [0, 0.1) is 12.7 Å². The molecule has 1 N–H and O–H groups in total. The molecule has 0 fully saturated rings. The van der Waals surface area contributed by atoms with Gasteiger partial charge in [-0.3, -0.25) is 4.79 Å². The summed E-state index contributed by atoms with van der Waals surface area (Å²) in [4.78, 5) is 12.2. The molecule has 0 saturated heterocycles. The Bertz CT molecular complexity index is 982. The summed E-state index contributed by atoms with van der Waals surface area (Å²) in [7, 11) is 1.55. The first kappa shape index (κ1) is 19.1. The van der Waals surface area contributed by atoms with Crippen LogP contribution in [0.5, 0.6) is 5.75 Å². The number of carbonyl (C=O) groups excluding carboxylic acids is 1. The van der Waals surface area contributed by atoms with Crippen LogP contribution in [0.4, 0.5) is 10.1 Å². The number of halogens is 2. The summed E-state index contributed by atoms with van der Waals surface area (Å²) in [6.07, 6.45) is 0. The minimum Gasteiger partial charge on any atom is -0.494 e. The van der Waals surface area contributed by atoms with Gasteiger partial charge in [0.05, 0.1) is 18.6 Å². The highest BCUT2D eigenvalue weighted by atomic mass is 35.5. The number of nitrogens with one attached hydrogen (secondary N) is 1. The molecule has 0 aliphatic rings. The van der Waals surface area contributed by atoms with Crippen LogP contribution in [-0.2, 0) is 4.79 Å². The third-order valence-electron chi connectivity index (χ3n) is 3.54. The fourth-order valence-electron chi connectivity index (χ4n) is 2.30. The number of tetrazole rings is 1. The molecule has 27 heavy (non-hydrogen) atoms. The van der Waals surface area contributed by atoms with Crippen molar-refractivity contribution in [2.75, 3.05) is 18.2 Å². The van der Waals surface area contributed by atoms with E-state index in [0.29, 0.717) is 21.6 Å². The number of carbonyl (C=O) groups is 1. The summed E-state index contributed by atoms with van der Waals surface area (Å²) in [6, 6.07) is 9.55. The van der Waals surface area contributed by atoms with Crippen LogP contribution in [0.25, 0.3) is 5.69 Å². The second-order valence-corrected chi connectivity index (χ2v) is 6.89. The number of rotatable bonds is 6. The molecular formula is C17H15ClFN5O2S. The molecule has 0 bridgehead atoms. The van der Waals surface area contributed by atoms with Gasteiger partial charge in [-0.25, -0.2) is 4.39 Å². The lowest BCUT2D eigenvalue weighted by Crippen LogP contribution is -2.15. The predicted octanol–water partition coefficient (Wildman–Crippen LogP) is 3.50. The van der Waals surface area contributed by atoms with Crippen molar-refractivity contribution in [3.63, 3.8) is 0 Å². The molecular weight excluding hydrogens is 393 g/mol. The number of nitrogens with zero attached hydrogens (tertiary/aromatic N) is 4. The fraction of sp³-hybridized carbons (Fsp3) is 0.176. The van der Waals surface area contributed by atoms with E-state index in [4.69, 9.17) is 16.3 Å². The second kappa shape index (κ2) is 8.36. The number of ether oxygens (including phenoxy) is 1. The maximum atomic E-state index is 13.7. The van der Waals surface area contributed by atoms with E-state index in [-0.39, 0.29) is 11.4 Å². The Morgan fingerprint density at radius 3 is 2.93 bits per heavy atom. The molecule has 0 atom stereocenters. The molecule has 3 rings (SSSR count). The average Bonchev–Trinajstić information content (AvgIpc) is 3.11. The van der Waals surface area contributed by atoms with Crippen molar-refractivity contribution >= 4 is 35.0 Å². The first-order valence-corrected chi connectivity index (χ1v) is 9.15. The van der Waals surface area contributed by atoms with Gasteiger partial charge < -0.3 is 10.1 Å². The van der Waals surface area contributed by atoms with E-state index in [0.717, 1.165) is 17.3 Å². The molecule has 0 aliphatic heterocycles. The molecule has 7 nitrogen and oxygen atoms in total. The monoisotopic (exact) mass is 407 g/mol. The minimum atomic E-state index is -0.563. The summed E-state index contributed by atoms with van der Waals surface area (Å²) >= 11 is 6.94. The lowest BCUT2D eigenvalue weighted by molar-refractivity contribution is -0.113. The van der Waals surface area contributed by atoms with Crippen molar-refractivity contribution in [2.45, 2.75) is 12.1 Å². The van der Waals surface area contributed by atoms with Crippen molar-refractivity contribution in [1.29, 1.82) is 0 Å². The molecule has 3 aromatic rings. The number of anilines is 1. The Labute approximate surface area is 163 Å². The van der Waals surface area contributed by atoms with Gasteiger partial charge in [-0.2, -0.15) is 4.68 Å². The number of amides is 1. The zero-order valence-electron chi connectivity index (χ0n) is 14.4. The van der Waals surface area contributed by atoms with Gasteiger partial charge in [-0.1, -0.05) is 29.4 Å². The van der Waals surface area contributed by atoms with Crippen molar-refractivity contribution in [3.05, 3.63) is 52.8 Å². The summed E-state index contributed by atoms with van der Waals surface area (Å²) < 4.78 is 20.6. The van der Waals surface area contributed by atoms with Crippen molar-refractivity contribution in [3.8, 4) is 11.4 Å². The Morgan fingerprint density at radius 1 is 1.33 bits per heavy atom. The largest absolute Gasteiger partial charge is 0.494 e.